The topological polar surface area (TPSA) is 77.2 Å². The quantitative estimate of drug-likeness (QED) is 0.804. The predicted octanol–water partition coefficient (Wildman–Crippen LogP) is 3.11. The summed E-state index contributed by atoms with van der Waals surface area (Å²) in [6, 6.07) is 6.23. The molecule has 106 valence electrons. The fraction of sp³-hybridized carbons (Fsp3) is 0.0714. The molecule has 21 heavy (non-hydrogen) atoms. The number of aromatic carboxylic acids is 1. The van der Waals surface area contributed by atoms with Gasteiger partial charge in [-0.2, -0.15) is 0 Å². The zero-order valence-electron chi connectivity index (χ0n) is 10.9. The Morgan fingerprint density at radius 3 is 2.90 bits per heavy atom. The molecule has 0 amide bonds. The average molecular weight is 304 g/mol. The summed E-state index contributed by atoms with van der Waals surface area (Å²) in [7, 11) is 1.87. The highest BCUT2D eigenvalue weighted by molar-refractivity contribution is 6.33. The van der Waals surface area contributed by atoms with E-state index in [1.807, 2.05) is 17.7 Å². The van der Waals surface area contributed by atoms with Gasteiger partial charge in [-0.1, -0.05) is 11.6 Å². The number of hydrogen-bond donors (Lipinski definition) is 1. The highest BCUT2D eigenvalue weighted by Crippen LogP contribution is 2.29. The maximum atomic E-state index is 11.1. The molecule has 3 aromatic rings. The minimum atomic E-state index is -1.12. The van der Waals surface area contributed by atoms with Crippen molar-refractivity contribution in [1.29, 1.82) is 0 Å². The molecule has 0 saturated carbocycles. The first-order valence-electron chi connectivity index (χ1n) is 6.03. The molecule has 3 rings (SSSR count). The number of benzene rings is 1. The van der Waals surface area contributed by atoms with Crippen LogP contribution >= 0.6 is 11.6 Å². The summed E-state index contributed by atoms with van der Waals surface area (Å²) < 4.78 is 7.48. The third-order valence-corrected chi connectivity index (χ3v) is 3.32. The van der Waals surface area contributed by atoms with Crippen LogP contribution in [0.1, 0.15) is 10.4 Å². The molecule has 0 saturated heterocycles. The Hall–Kier alpha value is -2.60. The summed E-state index contributed by atoms with van der Waals surface area (Å²) in [5, 5.41) is 9.21. The average Bonchev–Trinajstić information content (AvgIpc) is 2.84. The summed E-state index contributed by atoms with van der Waals surface area (Å²) in [5.41, 5.74) is 1.45. The largest absolute Gasteiger partial charge is 0.478 e. The minimum Gasteiger partial charge on any atom is -0.478 e. The number of carbonyl (C=O) groups is 1. The van der Waals surface area contributed by atoms with Crippen LogP contribution in [0.3, 0.4) is 0 Å². The summed E-state index contributed by atoms with van der Waals surface area (Å²) in [5.74, 6) is -0.469. The Bertz CT molecular complexity index is 845. The molecule has 0 aliphatic carbocycles. The van der Waals surface area contributed by atoms with Crippen molar-refractivity contribution < 1.29 is 14.6 Å². The van der Waals surface area contributed by atoms with Gasteiger partial charge in [0.05, 0.1) is 22.4 Å². The van der Waals surface area contributed by atoms with Crippen LogP contribution in [0.2, 0.25) is 5.02 Å². The molecule has 2 aromatic heterocycles. The van der Waals surface area contributed by atoms with E-state index in [0.717, 1.165) is 5.52 Å². The van der Waals surface area contributed by atoms with Crippen LogP contribution in [0.5, 0.6) is 11.6 Å². The number of aryl methyl sites for hydroxylation is 1. The second-order valence-corrected chi connectivity index (χ2v) is 4.80. The molecule has 0 aliphatic heterocycles. The standard InChI is InChI=1S/C14H10ClN3O3/c1-18-7-17-12-11(18)4-5-16-13(12)21-8-2-3-10(15)9(6-8)14(19)20/h2-7H,1H3,(H,19,20). The van der Waals surface area contributed by atoms with Crippen LogP contribution in [0, 0.1) is 0 Å². The molecular formula is C14H10ClN3O3. The van der Waals surface area contributed by atoms with E-state index in [4.69, 9.17) is 21.4 Å². The molecular weight excluding hydrogens is 294 g/mol. The van der Waals surface area contributed by atoms with Crippen molar-refractivity contribution >= 4 is 28.6 Å². The molecule has 2 heterocycles. The zero-order chi connectivity index (χ0) is 15.0. The van der Waals surface area contributed by atoms with Gasteiger partial charge in [0.15, 0.2) is 5.52 Å². The second-order valence-electron chi connectivity index (χ2n) is 4.39. The van der Waals surface area contributed by atoms with Gasteiger partial charge in [0.2, 0.25) is 5.88 Å². The van der Waals surface area contributed by atoms with Crippen LogP contribution in [-0.2, 0) is 7.05 Å². The van der Waals surface area contributed by atoms with Crippen molar-refractivity contribution in [2.75, 3.05) is 0 Å². The fourth-order valence-corrected chi connectivity index (χ4v) is 2.15. The maximum absolute atomic E-state index is 11.1. The summed E-state index contributed by atoms with van der Waals surface area (Å²) in [6.45, 7) is 0. The molecule has 0 atom stereocenters. The van der Waals surface area contributed by atoms with Crippen molar-refractivity contribution in [3.63, 3.8) is 0 Å². The van der Waals surface area contributed by atoms with E-state index in [-0.39, 0.29) is 10.6 Å². The van der Waals surface area contributed by atoms with E-state index in [1.54, 1.807) is 18.6 Å². The maximum Gasteiger partial charge on any atom is 0.337 e. The number of carboxylic acids is 1. The molecule has 1 N–H and O–H groups in total. The Kier molecular flexibility index (Phi) is 3.23. The monoisotopic (exact) mass is 303 g/mol. The molecule has 0 unspecified atom stereocenters. The fourth-order valence-electron chi connectivity index (χ4n) is 1.96. The highest BCUT2D eigenvalue weighted by atomic mass is 35.5. The Morgan fingerprint density at radius 2 is 2.14 bits per heavy atom. The van der Waals surface area contributed by atoms with Gasteiger partial charge in [-0.3, -0.25) is 0 Å². The van der Waals surface area contributed by atoms with E-state index in [1.165, 1.54) is 12.1 Å². The van der Waals surface area contributed by atoms with Crippen molar-refractivity contribution in [3.05, 3.63) is 47.4 Å². The van der Waals surface area contributed by atoms with Gasteiger partial charge in [-0.05, 0) is 24.3 Å². The predicted molar refractivity (Wildman–Crippen MR) is 77.0 cm³/mol. The number of rotatable bonds is 3. The molecule has 0 spiro atoms. The van der Waals surface area contributed by atoms with Crippen molar-refractivity contribution in [1.82, 2.24) is 14.5 Å². The summed E-state index contributed by atoms with van der Waals surface area (Å²) in [6.07, 6.45) is 3.26. The van der Waals surface area contributed by atoms with Crippen molar-refractivity contribution in [3.8, 4) is 11.6 Å². The minimum absolute atomic E-state index is 0.0256. The van der Waals surface area contributed by atoms with E-state index >= 15 is 0 Å². The number of halogens is 1. The lowest BCUT2D eigenvalue weighted by atomic mass is 10.2. The summed E-state index contributed by atoms with van der Waals surface area (Å²) in [4.78, 5) is 19.4. The number of nitrogens with zero attached hydrogens (tertiary/aromatic N) is 3. The second kappa shape index (κ2) is 5.06. The molecule has 7 heteroatoms. The SMILES string of the molecule is Cn1cnc2c(Oc3ccc(Cl)c(C(=O)O)c3)nccc21. The lowest BCUT2D eigenvalue weighted by molar-refractivity contribution is 0.0696. The van der Waals surface area contributed by atoms with Crippen LogP contribution in [0.25, 0.3) is 11.0 Å². The van der Waals surface area contributed by atoms with Gasteiger partial charge < -0.3 is 14.4 Å². The molecule has 0 bridgehead atoms. The lowest BCUT2D eigenvalue weighted by Crippen LogP contribution is -1.98. The van der Waals surface area contributed by atoms with E-state index in [9.17, 15) is 4.79 Å². The number of pyridine rings is 1. The first kappa shape index (κ1) is 13.4. The van der Waals surface area contributed by atoms with Crippen LogP contribution in [0.4, 0.5) is 0 Å². The molecule has 0 radical (unpaired) electrons. The van der Waals surface area contributed by atoms with E-state index < -0.39 is 5.97 Å². The van der Waals surface area contributed by atoms with Gasteiger partial charge in [0.1, 0.15) is 5.75 Å². The number of imidazole rings is 1. The van der Waals surface area contributed by atoms with Gasteiger partial charge in [0, 0.05) is 13.2 Å². The molecule has 1 aromatic carbocycles. The highest BCUT2D eigenvalue weighted by Gasteiger charge is 2.13. The number of aromatic nitrogens is 3. The molecule has 0 aliphatic rings. The zero-order valence-corrected chi connectivity index (χ0v) is 11.7. The third-order valence-electron chi connectivity index (χ3n) is 2.99. The first-order valence-corrected chi connectivity index (χ1v) is 6.41. The Morgan fingerprint density at radius 1 is 1.33 bits per heavy atom. The van der Waals surface area contributed by atoms with Crippen LogP contribution < -0.4 is 4.74 Å². The summed E-state index contributed by atoms with van der Waals surface area (Å²) >= 11 is 5.82. The van der Waals surface area contributed by atoms with Crippen molar-refractivity contribution in [2.45, 2.75) is 0 Å². The number of carboxylic acid groups (broad SMARTS) is 1. The first-order chi connectivity index (χ1) is 10.1. The van der Waals surface area contributed by atoms with E-state index in [2.05, 4.69) is 9.97 Å². The van der Waals surface area contributed by atoms with Crippen LogP contribution in [-0.4, -0.2) is 25.6 Å². The number of ether oxygens (including phenoxy) is 1. The van der Waals surface area contributed by atoms with Gasteiger partial charge in [0.25, 0.3) is 0 Å². The van der Waals surface area contributed by atoms with Crippen molar-refractivity contribution in [2.24, 2.45) is 7.05 Å². The number of fused-ring (bicyclic) bond motifs is 1. The van der Waals surface area contributed by atoms with Crippen LogP contribution in [0.15, 0.2) is 36.8 Å². The number of hydrogen-bond acceptors (Lipinski definition) is 4. The Balaban J connectivity index is 2.03. The molecule has 6 nitrogen and oxygen atoms in total. The molecule has 0 fully saturated rings. The van der Waals surface area contributed by atoms with Gasteiger partial charge in [-0.25, -0.2) is 14.8 Å². The van der Waals surface area contributed by atoms with Gasteiger partial charge in [-0.15, -0.1) is 0 Å². The van der Waals surface area contributed by atoms with Gasteiger partial charge >= 0.3 is 5.97 Å². The third kappa shape index (κ3) is 2.41. The lowest BCUT2D eigenvalue weighted by Gasteiger charge is -2.07. The normalized spacial score (nSPS) is 10.8. The smallest absolute Gasteiger partial charge is 0.337 e. The Labute approximate surface area is 124 Å². The van der Waals surface area contributed by atoms with E-state index in [0.29, 0.717) is 17.1 Å².